The number of hydrogen-bond donors (Lipinski definition) is 1. The minimum Gasteiger partial charge on any atom is -0.367 e. The third-order valence-electron chi connectivity index (χ3n) is 2.55. The second kappa shape index (κ2) is 5.18. The predicted molar refractivity (Wildman–Crippen MR) is 68.4 cm³/mol. The number of aromatic nitrogens is 2. The van der Waals surface area contributed by atoms with Crippen LogP contribution in [0.4, 0.5) is 10.1 Å². The average molecular weight is 268 g/mol. The maximum absolute atomic E-state index is 13.5. The van der Waals surface area contributed by atoms with Crippen LogP contribution in [-0.2, 0) is 6.54 Å². The monoisotopic (exact) mass is 267 g/mol. The van der Waals surface area contributed by atoms with Crippen LogP contribution in [0, 0.1) is 5.82 Å². The van der Waals surface area contributed by atoms with Gasteiger partial charge in [0.05, 0.1) is 11.9 Å². The Morgan fingerprint density at radius 3 is 2.89 bits per heavy atom. The van der Waals surface area contributed by atoms with E-state index in [1.54, 1.807) is 30.1 Å². The van der Waals surface area contributed by atoms with Crippen molar-refractivity contribution in [1.29, 1.82) is 0 Å². The van der Waals surface area contributed by atoms with Gasteiger partial charge in [0.1, 0.15) is 10.8 Å². The first-order valence-electron chi connectivity index (χ1n) is 5.27. The van der Waals surface area contributed by atoms with E-state index in [0.29, 0.717) is 17.8 Å². The number of aromatic amines is 1. The molecule has 0 aliphatic carbocycles. The number of rotatable bonds is 3. The maximum atomic E-state index is 13.5. The molecule has 1 aromatic heterocycles. The summed E-state index contributed by atoms with van der Waals surface area (Å²) >= 11 is 5.87. The highest BCUT2D eigenvalue weighted by molar-refractivity contribution is 6.32. The van der Waals surface area contributed by atoms with Crippen molar-refractivity contribution in [2.24, 2.45) is 0 Å². The molecule has 0 atom stereocenters. The van der Waals surface area contributed by atoms with E-state index in [-0.39, 0.29) is 10.8 Å². The average Bonchev–Trinajstić information content (AvgIpc) is 2.35. The number of H-pyrrole nitrogens is 1. The van der Waals surface area contributed by atoms with Gasteiger partial charge in [-0.25, -0.2) is 9.49 Å². The largest absolute Gasteiger partial charge is 0.367 e. The van der Waals surface area contributed by atoms with Crippen molar-refractivity contribution in [3.05, 3.63) is 57.2 Å². The van der Waals surface area contributed by atoms with Crippen molar-refractivity contribution in [3.63, 3.8) is 0 Å². The summed E-state index contributed by atoms with van der Waals surface area (Å²) in [5.41, 5.74) is 0.523. The van der Waals surface area contributed by atoms with Gasteiger partial charge in [0.2, 0.25) is 0 Å². The highest BCUT2D eigenvalue weighted by atomic mass is 35.5. The summed E-state index contributed by atoms with van der Waals surface area (Å²) in [6.07, 6.45) is 1.44. The Morgan fingerprint density at radius 2 is 2.17 bits per heavy atom. The van der Waals surface area contributed by atoms with Crippen molar-refractivity contribution in [2.75, 3.05) is 11.9 Å². The Labute approximate surface area is 108 Å². The summed E-state index contributed by atoms with van der Waals surface area (Å²) < 4.78 is 13.5. The van der Waals surface area contributed by atoms with Gasteiger partial charge in [0.25, 0.3) is 5.56 Å². The molecule has 1 aromatic carbocycles. The third-order valence-corrected chi connectivity index (χ3v) is 2.92. The van der Waals surface area contributed by atoms with Crippen LogP contribution in [0.25, 0.3) is 0 Å². The van der Waals surface area contributed by atoms with Crippen LogP contribution in [0.3, 0.4) is 0 Å². The number of anilines is 1. The van der Waals surface area contributed by atoms with Crippen LogP contribution < -0.4 is 10.5 Å². The zero-order chi connectivity index (χ0) is 13.1. The Kier molecular flexibility index (Phi) is 3.62. The van der Waals surface area contributed by atoms with Crippen molar-refractivity contribution in [2.45, 2.75) is 6.54 Å². The van der Waals surface area contributed by atoms with Crippen molar-refractivity contribution in [1.82, 2.24) is 10.2 Å². The molecule has 0 amide bonds. The summed E-state index contributed by atoms with van der Waals surface area (Å²) in [5, 5.41) is 5.95. The van der Waals surface area contributed by atoms with Crippen LogP contribution >= 0.6 is 11.6 Å². The fraction of sp³-hybridized carbons (Fsp3) is 0.167. The van der Waals surface area contributed by atoms with E-state index in [1.165, 1.54) is 12.3 Å². The Hall–Kier alpha value is -1.88. The summed E-state index contributed by atoms with van der Waals surface area (Å²) in [6.45, 7) is 0.303. The van der Waals surface area contributed by atoms with Gasteiger partial charge >= 0.3 is 0 Å². The highest BCUT2D eigenvalue weighted by Crippen LogP contribution is 2.21. The van der Waals surface area contributed by atoms with E-state index >= 15 is 0 Å². The van der Waals surface area contributed by atoms with E-state index in [2.05, 4.69) is 10.2 Å². The number of halogens is 2. The lowest BCUT2D eigenvalue weighted by molar-refractivity contribution is 0.608. The molecule has 0 radical (unpaired) electrons. The first-order chi connectivity index (χ1) is 8.59. The van der Waals surface area contributed by atoms with Gasteiger partial charge in [0.15, 0.2) is 0 Å². The first-order valence-corrected chi connectivity index (χ1v) is 5.65. The minimum absolute atomic E-state index is 0.0452. The van der Waals surface area contributed by atoms with Crippen LogP contribution in [0.5, 0.6) is 0 Å². The minimum atomic E-state index is -0.463. The molecule has 2 aromatic rings. The Balaban J connectivity index is 2.28. The second-order valence-corrected chi connectivity index (χ2v) is 4.22. The molecule has 2 rings (SSSR count). The van der Waals surface area contributed by atoms with E-state index in [9.17, 15) is 9.18 Å². The van der Waals surface area contributed by atoms with E-state index in [0.717, 1.165) is 0 Å². The van der Waals surface area contributed by atoms with Gasteiger partial charge in [-0.05, 0) is 6.07 Å². The van der Waals surface area contributed by atoms with Gasteiger partial charge in [-0.2, -0.15) is 5.10 Å². The SMILES string of the molecule is CN(Cc1ccccc1F)c1cn[nH]c(=O)c1Cl. The van der Waals surface area contributed by atoms with E-state index in [1.807, 2.05) is 0 Å². The fourth-order valence-electron chi connectivity index (χ4n) is 1.61. The summed E-state index contributed by atoms with van der Waals surface area (Å²) in [4.78, 5) is 13.0. The van der Waals surface area contributed by atoms with Gasteiger partial charge in [-0.15, -0.1) is 0 Å². The normalized spacial score (nSPS) is 10.4. The fourth-order valence-corrected chi connectivity index (χ4v) is 1.84. The number of nitrogens with one attached hydrogen (secondary N) is 1. The topological polar surface area (TPSA) is 49.0 Å². The van der Waals surface area contributed by atoms with Crippen LogP contribution in [0.2, 0.25) is 5.02 Å². The smallest absolute Gasteiger partial charge is 0.285 e. The molecule has 1 N–H and O–H groups in total. The second-order valence-electron chi connectivity index (χ2n) is 3.85. The molecule has 0 unspecified atom stereocenters. The molecule has 1 heterocycles. The molecule has 0 aliphatic rings. The quantitative estimate of drug-likeness (QED) is 0.927. The summed E-state index contributed by atoms with van der Waals surface area (Å²) in [5.74, 6) is -0.293. The standard InChI is InChI=1S/C12H11ClFN3O/c1-17(7-8-4-2-3-5-9(8)14)10-6-15-16-12(18)11(10)13/h2-6H,7H2,1H3,(H,16,18). The Bertz CT molecular complexity index is 614. The molecule has 4 nitrogen and oxygen atoms in total. The molecule has 0 bridgehead atoms. The van der Waals surface area contributed by atoms with Crippen molar-refractivity contribution >= 4 is 17.3 Å². The van der Waals surface area contributed by atoms with E-state index in [4.69, 9.17) is 11.6 Å². The lowest BCUT2D eigenvalue weighted by Gasteiger charge is -2.19. The zero-order valence-corrected chi connectivity index (χ0v) is 10.4. The van der Waals surface area contributed by atoms with Crippen LogP contribution in [0.1, 0.15) is 5.56 Å². The van der Waals surface area contributed by atoms with Crippen LogP contribution in [0.15, 0.2) is 35.3 Å². The highest BCUT2D eigenvalue weighted by Gasteiger charge is 2.11. The number of nitrogens with zero attached hydrogens (tertiary/aromatic N) is 2. The third kappa shape index (κ3) is 2.51. The summed E-state index contributed by atoms with van der Waals surface area (Å²) in [6, 6.07) is 6.45. The lowest BCUT2D eigenvalue weighted by Crippen LogP contribution is -2.21. The molecular weight excluding hydrogens is 257 g/mol. The molecule has 0 fully saturated rings. The lowest BCUT2D eigenvalue weighted by atomic mass is 10.2. The molecule has 0 aliphatic heterocycles. The molecular formula is C12H11ClFN3O. The van der Waals surface area contributed by atoms with E-state index < -0.39 is 5.56 Å². The number of hydrogen-bond acceptors (Lipinski definition) is 3. The van der Waals surface area contributed by atoms with Crippen molar-refractivity contribution < 1.29 is 4.39 Å². The first kappa shape index (κ1) is 12.6. The van der Waals surface area contributed by atoms with Gasteiger partial charge < -0.3 is 4.90 Å². The maximum Gasteiger partial charge on any atom is 0.285 e. The summed E-state index contributed by atoms with van der Waals surface area (Å²) in [7, 11) is 1.72. The molecule has 94 valence electrons. The van der Waals surface area contributed by atoms with Crippen molar-refractivity contribution in [3.8, 4) is 0 Å². The molecule has 0 spiro atoms. The molecule has 18 heavy (non-hydrogen) atoms. The zero-order valence-electron chi connectivity index (χ0n) is 9.65. The Morgan fingerprint density at radius 1 is 1.44 bits per heavy atom. The molecule has 6 heteroatoms. The molecule has 0 saturated heterocycles. The number of benzene rings is 1. The predicted octanol–water partition coefficient (Wildman–Crippen LogP) is 2.20. The van der Waals surface area contributed by atoms with Gasteiger partial charge in [-0.3, -0.25) is 4.79 Å². The van der Waals surface area contributed by atoms with Crippen LogP contribution in [-0.4, -0.2) is 17.2 Å². The van der Waals surface area contributed by atoms with Gasteiger partial charge in [-0.1, -0.05) is 29.8 Å². The van der Waals surface area contributed by atoms with Gasteiger partial charge in [0, 0.05) is 19.2 Å². The molecule has 0 saturated carbocycles.